The van der Waals surface area contributed by atoms with Gasteiger partial charge in [-0.25, -0.2) is 4.98 Å². The molecule has 1 N–H and O–H groups in total. The van der Waals surface area contributed by atoms with Crippen LogP contribution < -0.4 is 5.43 Å². The molecule has 0 aliphatic heterocycles. The van der Waals surface area contributed by atoms with Crippen molar-refractivity contribution in [3.63, 3.8) is 0 Å². The monoisotopic (exact) mass is 328 g/mol. The Kier molecular flexibility index (Phi) is 4.46. The van der Waals surface area contributed by atoms with Gasteiger partial charge in [-0.15, -0.1) is 11.3 Å². The summed E-state index contributed by atoms with van der Waals surface area (Å²) in [6.07, 6.45) is 1.75. The summed E-state index contributed by atoms with van der Waals surface area (Å²) in [5.74, 6) is 0. The van der Waals surface area contributed by atoms with Crippen molar-refractivity contribution in [1.82, 2.24) is 9.97 Å². The summed E-state index contributed by atoms with van der Waals surface area (Å²) in [5, 5.41) is 7.75. The normalized spacial score (nSPS) is 11.5. The summed E-state index contributed by atoms with van der Waals surface area (Å²) >= 11 is 7.40. The first kappa shape index (κ1) is 14.7. The van der Waals surface area contributed by atoms with E-state index in [4.69, 9.17) is 11.6 Å². The Morgan fingerprint density at radius 2 is 2.00 bits per heavy atom. The van der Waals surface area contributed by atoms with Gasteiger partial charge in [0.25, 0.3) is 0 Å². The molecule has 1 aromatic carbocycles. The lowest BCUT2D eigenvalue weighted by atomic mass is 10.2. The second-order valence-electron chi connectivity index (χ2n) is 4.57. The molecule has 2 heterocycles. The molecule has 0 saturated carbocycles. The zero-order valence-corrected chi connectivity index (χ0v) is 13.4. The highest BCUT2D eigenvalue weighted by molar-refractivity contribution is 7.14. The third kappa shape index (κ3) is 3.50. The number of anilines is 1. The van der Waals surface area contributed by atoms with Gasteiger partial charge in [0, 0.05) is 22.2 Å². The first-order valence-electron chi connectivity index (χ1n) is 6.65. The van der Waals surface area contributed by atoms with E-state index in [0.29, 0.717) is 5.02 Å². The van der Waals surface area contributed by atoms with Gasteiger partial charge in [-0.1, -0.05) is 29.8 Å². The van der Waals surface area contributed by atoms with Crippen molar-refractivity contribution >= 4 is 33.8 Å². The number of hydrogen-bond donors (Lipinski definition) is 1. The fourth-order valence-electron chi connectivity index (χ4n) is 1.84. The highest BCUT2D eigenvalue weighted by atomic mass is 35.5. The molecule has 2 aromatic heterocycles. The SMILES string of the molecule is C/C(=N\Nc1nc(-c2ccc(Cl)cc2)cs1)c1ccccn1. The van der Waals surface area contributed by atoms with Crippen LogP contribution in [0.15, 0.2) is 59.1 Å². The van der Waals surface area contributed by atoms with Crippen LogP contribution in [0.25, 0.3) is 11.3 Å². The number of hydrazone groups is 1. The van der Waals surface area contributed by atoms with Gasteiger partial charge in [0.15, 0.2) is 0 Å². The van der Waals surface area contributed by atoms with Crippen molar-refractivity contribution in [2.24, 2.45) is 5.10 Å². The van der Waals surface area contributed by atoms with E-state index in [1.165, 1.54) is 11.3 Å². The molecular formula is C16H13ClN4S. The Hall–Kier alpha value is -2.24. The van der Waals surface area contributed by atoms with E-state index in [0.717, 1.165) is 27.8 Å². The maximum atomic E-state index is 5.89. The lowest BCUT2D eigenvalue weighted by Gasteiger charge is -2.00. The highest BCUT2D eigenvalue weighted by Gasteiger charge is 2.04. The van der Waals surface area contributed by atoms with E-state index >= 15 is 0 Å². The van der Waals surface area contributed by atoms with Gasteiger partial charge in [-0.2, -0.15) is 5.10 Å². The Morgan fingerprint density at radius 1 is 1.18 bits per heavy atom. The number of halogens is 1. The summed E-state index contributed by atoms with van der Waals surface area (Å²) in [4.78, 5) is 8.76. The highest BCUT2D eigenvalue weighted by Crippen LogP contribution is 2.25. The van der Waals surface area contributed by atoms with Gasteiger partial charge in [0.2, 0.25) is 5.13 Å². The molecule has 3 rings (SSSR count). The number of nitrogens with zero attached hydrogens (tertiary/aromatic N) is 3. The van der Waals surface area contributed by atoms with E-state index in [1.807, 2.05) is 54.8 Å². The van der Waals surface area contributed by atoms with Gasteiger partial charge in [-0.05, 0) is 31.2 Å². The van der Waals surface area contributed by atoms with E-state index in [9.17, 15) is 0 Å². The Balaban J connectivity index is 1.73. The molecule has 0 unspecified atom stereocenters. The summed E-state index contributed by atoms with van der Waals surface area (Å²) in [6, 6.07) is 13.3. The topological polar surface area (TPSA) is 50.2 Å². The average molecular weight is 329 g/mol. The average Bonchev–Trinajstić information content (AvgIpc) is 3.03. The largest absolute Gasteiger partial charge is 0.255 e. The summed E-state index contributed by atoms with van der Waals surface area (Å²) in [7, 11) is 0. The van der Waals surface area contributed by atoms with Gasteiger partial charge in [0.1, 0.15) is 0 Å². The molecule has 0 spiro atoms. The Labute approximate surface area is 137 Å². The van der Waals surface area contributed by atoms with Crippen molar-refractivity contribution in [3.05, 3.63) is 64.8 Å². The number of aromatic nitrogens is 2. The van der Waals surface area contributed by atoms with Gasteiger partial charge < -0.3 is 0 Å². The van der Waals surface area contributed by atoms with Crippen LogP contribution in [0.1, 0.15) is 12.6 Å². The predicted octanol–water partition coefficient (Wildman–Crippen LogP) is 4.69. The Morgan fingerprint density at radius 3 is 2.73 bits per heavy atom. The molecule has 22 heavy (non-hydrogen) atoms. The third-order valence-corrected chi connectivity index (χ3v) is 4.00. The Bertz CT molecular complexity index is 781. The number of pyridine rings is 1. The summed E-state index contributed by atoms with van der Waals surface area (Å²) < 4.78 is 0. The number of benzene rings is 1. The van der Waals surface area contributed by atoms with E-state index < -0.39 is 0 Å². The minimum absolute atomic E-state index is 0.716. The van der Waals surface area contributed by atoms with Crippen LogP contribution >= 0.6 is 22.9 Å². The quantitative estimate of drug-likeness (QED) is 0.558. The van der Waals surface area contributed by atoms with Crippen molar-refractivity contribution < 1.29 is 0 Å². The second-order valence-corrected chi connectivity index (χ2v) is 5.86. The number of hydrogen-bond acceptors (Lipinski definition) is 5. The molecule has 3 aromatic rings. The van der Waals surface area contributed by atoms with Gasteiger partial charge >= 0.3 is 0 Å². The second kappa shape index (κ2) is 6.68. The predicted molar refractivity (Wildman–Crippen MR) is 92.6 cm³/mol. The number of nitrogens with one attached hydrogen (secondary N) is 1. The lowest BCUT2D eigenvalue weighted by molar-refractivity contribution is 1.23. The molecule has 0 amide bonds. The van der Waals surface area contributed by atoms with Crippen molar-refractivity contribution in [3.8, 4) is 11.3 Å². The van der Waals surface area contributed by atoms with Crippen LogP contribution in [0.5, 0.6) is 0 Å². The van der Waals surface area contributed by atoms with E-state index in [2.05, 4.69) is 20.5 Å². The third-order valence-electron chi connectivity index (χ3n) is 3.00. The molecule has 0 aliphatic rings. The smallest absolute Gasteiger partial charge is 0.203 e. The standard InChI is InChI=1S/C16H13ClN4S/c1-11(14-4-2-3-9-18-14)20-21-16-19-15(10-22-16)12-5-7-13(17)8-6-12/h2-10H,1H3,(H,19,21)/b20-11+. The van der Waals surface area contributed by atoms with Crippen molar-refractivity contribution in [2.75, 3.05) is 5.43 Å². The molecule has 0 fully saturated rings. The number of rotatable bonds is 4. The first-order chi connectivity index (χ1) is 10.7. The zero-order valence-electron chi connectivity index (χ0n) is 11.8. The minimum atomic E-state index is 0.716. The van der Waals surface area contributed by atoms with Crippen LogP contribution in [-0.2, 0) is 0 Å². The molecule has 4 nitrogen and oxygen atoms in total. The maximum absolute atomic E-state index is 5.89. The van der Waals surface area contributed by atoms with Crippen LogP contribution in [0.2, 0.25) is 5.02 Å². The summed E-state index contributed by atoms with van der Waals surface area (Å²) in [5.41, 5.74) is 6.55. The molecule has 0 saturated heterocycles. The van der Waals surface area contributed by atoms with Gasteiger partial charge in [0.05, 0.1) is 17.1 Å². The maximum Gasteiger partial charge on any atom is 0.203 e. The first-order valence-corrected chi connectivity index (χ1v) is 7.91. The molecule has 0 aliphatic carbocycles. The molecular weight excluding hydrogens is 316 g/mol. The van der Waals surface area contributed by atoms with Crippen LogP contribution in [-0.4, -0.2) is 15.7 Å². The van der Waals surface area contributed by atoms with Crippen LogP contribution in [0, 0.1) is 0 Å². The molecule has 0 radical (unpaired) electrons. The van der Waals surface area contributed by atoms with Crippen molar-refractivity contribution in [1.29, 1.82) is 0 Å². The summed E-state index contributed by atoms with van der Waals surface area (Å²) in [6.45, 7) is 1.91. The lowest BCUT2D eigenvalue weighted by Crippen LogP contribution is -2.01. The molecule has 6 heteroatoms. The number of thiazole rings is 1. The van der Waals surface area contributed by atoms with Crippen LogP contribution in [0.4, 0.5) is 5.13 Å². The fraction of sp³-hybridized carbons (Fsp3) is 0.0625. The van der Waals surface area contributed by atoms with E-state index in [1.54, 1.807) is 6.20 Å². The van der Waals surface area contributed by atoms with E-state index in [-0.39, 0.29) is 0 Å². The molecule has 0 atom stereocenters. The van der Waals surface area contributed by atoms with Crippen LogP contribution in [0.3, 0.4) is 0 Å². The molecule has 110 valence electrons. The molecule has 0 bridgehead atoms. The van der Waals surface area contributed by atoms with Crippen molar-refractivity contribution in [2.45, 2.75) is 6.92 Å². The minimum Gasteiger partial charge on any atom is -0.255 e. The zero-order chi connectivity index (χ0) is 15.4. The fourth-order valence-corrected chi connectivity index (χ4v) is 2.63. The van der Waals surface area contributed by atoms with Gasteiger partial charge in [-0.3, -0.25) is 10.4 Å².